The summed E-state index contributed by atoms with van der Waals surface area (Å²) < 4.78 is 26.4. The molecule has 2 aromatic rings. The Morgan fingerprint density at radius 2 is 1.95 bits per heavy atom. The Morgan fingerprint density at radius 1 is 1.29 bits per heavy atom. The van der Waals surface area contributed by atoms with Crippen molar-refractivity contribution in [2.45, 2.75) is 24.0 Å². The standard InChI is InChI=1S/C14H16N2O3S2/c1-10(2)21(18,19)12-7-5-4-6-11(12)13(17)15-14-16(3)8-9-20-14/h4-10H,1-3H3. The molecule has 0 unspecified atom stereocenters. The first kappa shape index (κ1) is 15.7. The van der Waals surface area contributed by atoms with Crippen molar-refractivity contribution >= 4 is 27.1 Å². The molecule has 0 saturated heterocycles. The van der Waals surface area contributed by atoms with Crippen LogP contribution in [0.4, 0.5) is 0 Å². The molecule has 0 saturated carbocycles. The lowest BCUT2D eigenvalue weighted by Crippen LogP contribution is -2.19. The Kier molecular flexibility index (Phi) is 4.43. The van der Waals surface area contributed by atoms with Gasteiger partial charge in [-0.15, -0.1) is 11.3 Å². The van der Waals surface area contributed by atoms with Crippen LogP contribution in [0.2, 0.25) is 0 Å². The summed E-state index contributed by atoms with van der Waals surface area (Å²) in [6, 6.07) is 6.19. The number of amides is 1. The topological polar surface area (TPSA) is 68.5 Å². The largest absolute Gasteiger partial charge is 0.327 e. The molecule has 1 aromatic carbocycles. The number of aromatic nitrogens is 1. The Bertz CT molecular complexity index is 830. The zero-order valence-electron chi connectivity index (χ0n) is 12.0. The Balaban J connectivity index is 2.57. The van der Waals surface area contributed by atoms with Crippen molar-refractivity contribution in [2.24, 2.45) is 12.0 Å². The number of nitrogens with zero attached hydrogens (tertiary/aromatic N) is 2. The molecule has 1 heterocycles. The molecule has 112 valence electrons. The summed E-state index contributed by atoms with van der Waals surface area (Å²) in [5, 5.41) is 1.22. The van der Waals surface area contributed by atoms with Crippen LogP contribution in [0.1, 0.15) is 24.2 Å². The van der Waals surface area contributed by atoms with Crippen molar-refractivity contribution in [3.8, 4) is 0 Å². The molecule has 1 aromatic heterocycles. The van der Waals surface area contributed by atoms with Crippen LogP contribution in [0.5, 0.6) is 0 Å². The van der Waals surface area contributed by atoms with Crippen LogP contribution in [0.25, 0.3) is 0 Å². The Hall–Kier alpha value is -1.73. The number of thiazole rings is 1. The lowest BCUT2D eigenvalue weighted by molar-refractivity contribution is 0.0994. The molecule has 0 aliphatic rings. The third-order valence-corrected chi connectivity index (χ3v) is 6.06. The minimum Gasteiger partial charge on any atom is -0.327 e. The van der Waals surface area contributed by atoms with Crippen molar-refractivity contribution < 1.29 is 13.2 Å². The first-order valence-electron chi connectivity index (χ1n) is 6.36. The number of sulfone groups is 1. The predicted molar refractivity (Wildman–Crippen MR) is 81.9 cm³/mol. The summed E-state index contributed by atoms with van der Waals surface area (Å²) in [7, 11) is -1.75. The zero-order valence-corrected chi connectivity index (χ0v) is 13.6. The molecule has 0 bridgehead atoms. The molecule has 2 rings (SSSR count). The highest BCUT2D eigenvalue weighted by molar-refractivity contribution is 7.92. The predicted octanol–water partition coefficient (Wildman–Crippen LogP) is 2.01. The first-order valence-corrected chi connectivity index (χ1v) is 8.78. The lowest BCUT2D eigenvalue weighted by Gasteiger charge is -2.10. The van der Waals surface area contributed by atoms with E-state index in [-0.39, 0.29) is 10.5 Å². The number of hydrogen-bond donors (Lipinski definition) is 0. The number of rotatable bonds is 3. The van der Waals surface area contributed by atoms with Gasteiger partial charge in [-0.05, 0) is 26.0 Å². The molecule has 0 fully saturated rings. The maximum absolute atomic E-state index is 12.3. The number of aryl methyl sites for hydroxylation is 1. The van der Waals surface area contributed by atoms with Crippen molar-refractivity contribution in [2.75, 3.05) is 0 Å². The maximum Gasteiger partial charge on any atom is 0.280 e. The fraction of sp³-hybridized carbons (Fsp3) is 0.286. The van der Waals surface area contributed by atoms with E-state index in [2.05, 4.69) is 4.99 Å². The van der Waals surface area contributed by atoms with Gasteiger partial charge in [0.1, 0.15) is 0 Å². The fourth-order valence-electron chi connectivity index (χ4n) is 1.73. The molecule has 0 N–H and O–H groups in total. The second kappa shape index (κ2) is 5.95. The van der Waals surface area contributed by atoms with Crippen LogP contribution in [0, 0.1) is 0 Å². The van der Waals surface area contributed by atoms with E-state index in [1.807, 2.05) is 5.38 Å². The molecular weight excluding hydrogens is 308 g/mol. The van der Waals surface area contributed by atoms with E-state index in [9.17, 15) is 13.2 Å². The van der Waals surface area contributed by atoms with Gasteiger partial charge in [-0.25, -0.2) is 8.42 Å². The molecule has 5 nitrogen and oxygen atoms in total. The second-order valence-corrected chi connectivity index (χ2v) is 8.15. The summed E-state index contributed by atoms with van der Waals surface area (Å²) in [5.74, 6) is -0.548. The minimum absolute atomic E-state index is 0.0351. The summed E-state index contributed by atoms with van der Waals surface area (Å²) in [5.41, 5.74) is 0.111. The third kappa shape index (κ3) is 3.14. The van der Waals surface area contributed by atoms with Crippen LogP contribution >= 0.6 is 11.3 Å². The highest BCUT2D eigenvalue weighted by Crippen LogP contribution is 2.21. The van der Waals surface area contributed by atoms with Crippen molar-refractivity contribution in [3.05, 3.63) is 46.2 Å². The highest BCUT2D eigenvalue weighted by Gasteiger charge is 2.25. The van der Waals surface area contributed by atoms with Gasteiger partial charge in [-0.3, -0.25) is 4.79 Å². The summed E-state index contributed by atoms with van der Waals surface area (Å²) in [6.45, 7) is 3.18. The Morgan fingerprint density at radius 3 is 2.52 bits per heavy atom. The van der Waals surface area contributed by atoms with E-state index in [1.54, 1.807) is 43.8 Å². The Labute approximate surface area is 127 Å². The summed E-state index contributed by atoms with van der Waals surface area (Å²) in [6.07, 6.45) is 1.79. The zero-order chi connectivity index (χ0) is 15.6. The molecule has 21 heavy (non-hydrogen) atoms. The van der Waals surface area contributed by atoms with Gasteiger partial charge >= 0.3 is 0 Å². The monoisotopic (exact) mass is 324 g/mol. The molecule has 0 aliphatic heterocycles. The SMILES string of the molecule is CC(C)S(=O)(=O)c1ccccc1C(=O)N=c1sccn1C. The molecular formula is C14H16N2O3S2. The number of carbonyl (C=O) groups is 1. The van der Waals surface area contributed by atoms with Gasteiger partial charge in [0.15, 0.2) is 14.6 Å². The second-order valence-electron chi connectivity index (χ2n) is 4.80. The summed E-state index contributed by atoms with van der Waals surface area (Å²) in [4.78, 5) is 16.9. The molecule has 0 aliphatic carbocycles. The van der Waals surface area contributed by atoms with Gasteiger partial charge in [0.2, 0.25) is 0 Å². The molecule has 0 atom stereocenters. The normalized spacial score (nSPS) is 12.9. The van der Waals surface area contributed by atoms with E-state index in [1.165, 1.54) is 23.5 Å². The molecule has 0 spiro atoms. The van der Waals surface area contributed by atoms with Crippen LogP contribution in [0.3, 0.4) is 0 Å². The van der Waals surface area contributed by atoms with Gasteiger partial charge < -0.3 is 4.57 Å². The summed E-state index contributed by atoms with van der Waals surface area (Å²) >= 11 is 1.32. The lowest BCUT2D eigenvalue weighted by atomic mass is 10.2. The minimum atomic E-state index is -3.53. The third-order valence-electron chi connectivity index (χ3n) is 3.00. The smallest absolute Gasteiger partial charge is 0.280 e. The van der Waals surface area contributed by atoms with Gasteiger partial charge in [-0.1, -0.05) is 12.1 Å². The van der Waals surface area contributed by atoms with Crippen molar-refractivity contribution in [1.29, 1.82) is 0 Å². The molecule has 7 heteroatoms. The van der Waals surface area contributed by atoms with Crippen molar-refractivity contribution in [1.82, 2.24) is 4.57 Å². The van der Waals surface area contributed by atoms with Gasteiger partial charge in [0.25, 0.3) is 5.91 Å². The first-order chi connectivity index (χ1) is 9.84. The van der Waals surface area contributed by atoms with E-state index in [4.69, 9.17) is 0 Å². The van der Waals surface area contributed by atoms with Crippen LogP contribution in [0.15, 0.2) is 45.7 Å². The average Bonchev–Trinajstić information content (AvgIpc) is 2.84. The fourth-order valence-corrected chi connectivity index (χ4v) is 3.69. The molecule has 0 radical (unpaired) electrons. The number of carbonyl (C=O) groups excluding carboxylic acids is 1. The highest BCUT2D eigenvalue weighted by atomic mass is 32.2. The average molecular weight is 324 g/mol. The van der Waals surface area contributed by atoms with Gasteiger partial charge in [0.05, 0.1) is 15.7 Å². The van der Waals surface area contributed by atoms with Crippen LogP contribution < -0.4 is 4.80 Å². The van der Waals surface area contributed by atoms with Gasteiger partial charge in [0, 0.05) is 18.6 Å². The molecule has 1 amide bonds. The van der Waals surface area contributed by atoms with E-state index in [0.29, 0.717) is 4.80 Å². The van der Waals surface area contributed by atoms with E-state index < -0.39 is 21.0 Å². The van der Waals surface area contributed by atoms with E-state index >= 15 is 0 Å². The van der Waals surface area contributed by atoms with Crippen molar-refractivity contribution in [3.63, 3.8) is 0 Å². The maximum atomic E-state index is 12.3. The van der Waals surface area contributed by atoms with Gasteiger partial charge in [-0.2, -0.15) is 4.99 Å². The van der Waals surface area contributed by atoms with E-state index in [0.717, 1.165) is 0 Å². The quantitative estimate of drug-likeness (QED) is 0.867. The number of benzene rings is 1. The number of hydrogen-bond acceptors (Lipinski definition) is 4. The van der Waals surface area contributed by atoms with Crippen LogP contribution in [-0.4, -0.2) is 24.1 Å². The van der Waals surface area contributed by atoms with Crippen LogP contribution in [-0.2, 0) is 16.9 Å².